The van der Waals surface area contributed by atoms with Crippen molar-refractivity contribution in [2.24, 2.45) is 0 Å². The highest BCUT2D eigenvalue weighted by Gasteiger charge is 2.15. The summed E-state index contributed by atoms with van der Waals surface area (Å²) in [6, 6.07) is 15.3. The molecule has 160 valence electrons. The van der Waals surface area contributed by atoms with Gasteiger partial charge in [0.1, 0.15) is 12.5 Å². The molecule has 0 saturated carbocycles. The van der Waals surface area contributed by atoms with Crippen LogP contribution in [0.5, 0.6) is 5.75 Å². The van der Waals surface area contributed by atoms with Gasteiger partial charge in [0, 0.05) is 19.5 Å². The van der Waals surface area contributed by atoms with E-state index in [1.54, 1.807) is 48.5 Å². The summed E-state index contributed by atoms with van der Waals surface area (Å²) in [6.45, 7) is 2.98. The first-order valence-electron chi connectivity index (χ1n) is 10.0. The van der Waals surface area contributed by atoms with Crippen molar-refractivity contribution in [1.29, 1.82) is 0 Å². The lowest BCUT2D eigenvalue weighted by atomic mass is 9.98. The van der Waals surface area contributed by atoms with Crippen LogP contribution in [0.25, 0.3) is 10.8 Å². The molecular formula is C24H23NO6. The molecule has 7 heteroatoms. The third-order valence-electron chi connectivity index (χ3n) is 5.35. The van der Waals surface area contributed by atoms with E-state index in [9.17, 15) is 14.7 Å². The minimum absolute atomic E-state index is 0.150. The summed E-state index contributed by atoms with van der Waals surface area (Å²) >= 11 is 0. The molecule has 4 rings (SSSR count). The van der Waals surface area contributed by atoms with E-state index in [0.29, 0.717) is 30.8 Å². The van der Waals surface area contributed by atoms with E-state index >= 15 is 0 Å². The van der Waals surface area contributed by atoms with Gasteiger partial charge in [-0.1, -0.05) is 18.2 Å². The normalized spacial score (nSPS) is 14.5. The number of carbonyl (C=O) groups excluding carboxylic acids is 1. The lowest BCUT2D eigenvalue weighted by Gasteiger charge is -2.25. The van der Waals surface area contributed by atoms with Crippen LogP contribution in [0.4, 0.5) is 0 Å². The lowest BCUT2D eigenvalue weighted by molar-refractivity contribution is -0.0209. The first-order chi connectivity index (χ1) is 15.0. The smallest absolute Gasteiger partial charge is 0.339 e. The van der Waals surface area contributed by atoms with Crippen LogP contribution in [0, 0.1) is 0 Å². The van der Waals surface area contributed by atoms with Gasteiger partial charge in [-0.25, -0.2) is 9.59 Å². The number of carbonyl (C=O) groups is 2. The van der Waals surface area contributed by atoms with Crippen molar-refractivity contribution < 1.29 is 29.3 Å². The Kier molecular flexibility index (Phi) is 6.16. The third kappa shape index (κ3) is 5.02. The fraction of sp³-hybridized carbons (Fsp3) is 0.250. The van der Waals surface area contributed by atoms with Gasteiger partial charge >= 0.3 is 11.9 Å². The van der Waals surface area contributed by atoms with Crippen LogP contribution in [0.1, 0.15) is 31.8 Å². The fourth-order valence-corrected chi connectivity index (χ4v) is 3.55. The molecule has 31 heavy (non-hydrogen) atoms. The number of hydrogen-bond donors (Lipinski definition) is 2. The standard InChI is InChI=1S/C24H23NO6/c26-22-14-18-5-6-19(24(29)31-15-25-7-9-30-10-8-25)12-20(18)13-21(22)11-16-1-3-17(4-2-16)23(27)28/h1-6,12-14,26H,7-11,15H2,(H,27,28). The van der Waals surface area contributed by atoms with Crippen LogP contribution in [0.3, 0.4) is 0 Å². The molecule has 0 bridgehead atoms. The second kappa shape index (κ2) is 9.16. The maximum Gasteiger partial charge on any atom is 0.339 e. The second-order valence-corrected chi connectivity index (χ2v) is 7.51. The molecule has 0 spiro atoms. The van der Waals surface area contributed by atoms with E-state index in [2.05, 4.69) is 0 Å². The Hall–Kier alpha value is -3.42. The van der Waals surface area contributed by atoms with Crippen LogP contribution in [-0.4, -0.2) is 60.1 Å². The summed E-state index contributed by atoms with van der Waals surface area (Å²) in [6.07, 6.45) is 0.438. The predicted octanol–water partition coefficient (Wildman–Crippen LogP) is 3.28. The molecule has 1 fully saturated rings. The van der Waals surface area contributed by atoms with Crippen molar-refractivity contribution >= 4 is 22.7 Å². The number of morpholine rings is 1. The van der Waals surface area contributed by atoms with Gasteiger partial charge in [0.2, 0.25) is 0 Å². The van der Waals surface area contributed by atoms with Crippen LogP contribution in [-0.2, 0) is 15.9 Å². The van der Waals surface area contributed by atoms with Crippen molar-refractivity contribution in [3.63, 3.8) is 0 Å². The highest BCUT2D eigenvalue weighted by atomic mass is 16.5. The zero-order valence-electron chi connectivity index (χ0n) is 16.9. The van der Waals surface area contributed by atoms with Crippen LogP contribution in [0.15, 0.2) is 54.6 Å². The zero-order chi connectivity index (χ0) is 21.8. The van der Waals surface area contributed by atoms with Gasteiger partial charge in [-0.15, -0.1) is 0 Å². The molecule has 0 radical (unpaired) electrons. The summed E-state index contributed by atoms with van der Waals surface area (Å²) in [7, 11) is 0. The van der Waals surface area contributed by atoms with Gasteiger partial charge in [0.05, 0.1) is 24.3 Å². The number of rotatable bonds is 6. The van der Waals surface area contributed by atoms with Gasteiger partial charge in [0.15, 0.2) is 0 Å². The molecule has 0 unspecified atom stereocenters. The number of fused-ring (bicyclic) bond motifs is 1. The Balaban J connectivity index is 1.51. The molecule has 3 aromatic carbocycles. The summed E-state index contributed by atoms with van der Waals surface area (Å²) in [5.74, 6) is -1.22. The zero-order valence-corrected chi connectivity index (χ0v) is 16.9. The Bertz CT molecular complexity index is 1100. The lowest BCUT2D eigenvalue weighted by Crippen LogP contribution is -2.38. The molecule has 0 aliphatic carbocycles. The van der Waals surface area contributed by atoms with Crippen LogP contribution < -0.4 is 0 Å². The number of carboxylic acids is 1. The minimum Gasteiger partial charge on any atom is -0.508 e. The van der Waals surface area contributed by atoms with E-state index in [0.717, 1.165) is 29.4 Å². The maximum absolute atomic E-state index is 12.5. The molecule has 2 N–H and O–H groups in total. The van der Waals surface area contributed by atoms with Gasteiger partial charge in [-0.3, -0.25) is 4.90 Å². The quantitative estimate of drug-likeness (QED) is 0.590. The molecule has 0 amide bonds. The van der Waals surface area contributed by atoms with E-state index in [4.69, 9.17) is 14.6 Å². The molecule has 0 atom stereocenters. The number of phenolic OH excluding ortho intramolecular Hbond substituents is 1. The van der Waals surface area contributed by atoms with Gasteiger partial charge in [-0.05, 0) is 58.3 Å². The fourth-order valence-electron chi connectivity index (χ4n) is 3.55. The monoisotopic (exact) mass is 421 g/mol. The molecule has 1 aliphatic rings. The third-order valence-corrected chi connectivity index (χ3v) is 5.35. The number of aromatic carboxylic acids is 1. The Morgan fingerprint density at radius 1 is 0.935 bits per heavy atom. The maximum atomic E-state index is 12.5. The van der Waals surface area contributed by atoms with Gasteiger partial charge in [-0.2, -0.15) is 0 Å². The predicted molar refractivity (Wildman–Crippen MR) is 114 cm³/mol. The van der Waals surface area contributed by atoms with Gasteiger partial charge in [0.25, 0.3) is 0 Å². The van der Waals surface area contributed by atoms with Crippen molar-refractivity contribution in [2.75, 3.05) is 33.0 Å². The Morgan fingerprint density at radius 3 is 2.35 bits per heavy atom. The number of carboxylic acid groups (broad SMARTS) is 1. The number of ether oxygens (including phenoxy) is 2. The number of phenols is 1. The number of hydrogen-bond acceptors (Lipinski definition) is 6. The summed E-state index contributed by atoms with van der Waals surface area (Å²) in [5, 5.41) is 21.1. The molecular weight excluding hydrogens is 398 g/mol. The first kappa shape index (κ1) is 20.8. The van der Waals surface area contributed by atoms with E-state index < -0.39 is 11.9 Å². The second-order valence-electron chi connectivity index (χ2n) is 7.51. The van der Waals surface area contributed by atoms with E-state index in [-0.39, 0.29) is 18.0 Å². The number of esters is 1. The molecule has 1 heterocycles. The molecule has 3 aromatic rings. The SMILES string of the molecule is O=C(O)c1ccc(Cc2cc3cc(C(=O)OCN4CCOCC4)ccc3cc2O)cc1. The summed E-state index contributed by atoms with van der Waals surface area (Å²) in [5.41, 5.74) is 2.23. The molecule has 0 aromatic heterocycles. The van der Waals surface area contributed by atoms with Crippen LogP contribution in [0.2, 0.25) is 0 Å². The van der Waals surface area contributed by atoms with E-state index in [1.165, 1.54) is 0 Å². The highest BCUT2D eigenvalue weighted by molar-refractivity contribution is 5.96. The summed E-state index contributed by atoms with van der Waals surface area (Å²) < 4.78 is 10.7. The van der Waals surface area contributed by atoms with Crippen molar-refractivity contribution in [1.82, 2.24) is 4.90 Å². The van der Waals surface area contributed by atoms with E-state index in [1.807, 2.05) is 11.0 Å². The minimum atomic E-state index is -0.979. The number of nitrogens with zero attached hydrogens (tertiary/aromatic N) is 1. The summed E-state index contributed by atoms with van der Waals surface area (Å²) in [4.78, 5) is 25.5. The van der Waals surface area contributed by atoms with Gasteiger partial charge < -0.3 is 19.7 Å². The topological polar surface area (TPSA) is 96.3 Å². The molecule has 1 saturated heterocycles. The first-order valence-corrected chi connectivity index (χ1v) is 10.0. The molecule has 1 aliphatic heterocycles. The van der Waals surface area contributed by atoms with Crippen LogP contribution >= 0.6 is 0 Å². The largest absolute Gasteiger partial charge is 0.508 e. The number of benzene rings is 3. The van der Waals surface area contributed by atoms with Crippen molar-refractivity contribution in [3.8, 4) is 5.75 Å². The Labute approximate surface area is 179 Å². The molecule has 7 nitrogen and oxygen atoms in total. The van der Waals surface area contributed by atoms with Crippen molar-refractivity contribution in [2.45, 2.75) is 6.42 Å². The van der Waals surface area contributed by atoms with Crippen molar-refractivity contribution in [3.05, 3.63) is 76.9 Å². The Morgan fingerprint density at radius 2 is 1.65 bits per heavy atom. The number of aromatic hydroxyl groups is 1. The average molecular weight is 421 g/mol. The highest BCUT2D eigenvalue weighted by Crippen LogP contribution is 2.28. The average Bonchev–Trinajstić information content (AvgIpc) is 2.78.